The Morgan fingerprint density at radius 2 is 1.88 bits per heavy atom. The normalized spacial score (nSPS) is 15.8. The highest BCUT2D eigenvalue weighted by molar-refractivity contribution is 7.16. The number of rotatable bonds is 4. The summed E-state index contributed by atoms with van der Waals surface area (Å²) in [4.78, 5) is 22.3. The van der Waals surface area contributed by atoms with Gasteiger partial charge in [-0.3, -0.25) is 9.69 Å². The summed E-state index contributed by atoms with van der Waals surface area (Å²) >= 11 is 1.50. The molecule has 3 heterocycles. The number of hydrogen-bond acceptors (Lipinski definition) is 6. The Balaban J connectivity index is 1.45. The maximum absolute atomic E-state index is 12.2. The Bertz CT molecular complexity index is 912. The van der Waals surface area contributed by atoms with Crippen LogP contribution in [0.3, 0.4) is 0 Å². The fourth-order valence-electron chi connectivity index (χ4n) is 3.15. The predicted octanol–water partition coefficient (Wildman–Crippen LogP) is 2.04. The summed E-state index contributed by atoms with van der Waals surface area (Å²) in [5, 5.41) is 5.24. The first kappa shape index (κ1) is 16.2. The summed E-state index contributed by atoms with van der Waals surface area (Å²) in [5.74, 6) is 0. The zero-order valence-corrected chi connectivity index (χ0v) is 15.1. The zero-order chi connectivity index (χ0) is 17.2. The minimum absolute atomic E-state index is 0.0844. The van der Waals surface area contributed by atoms with Gasteiger partial charge in [0, 0.05) is 44.5 Å². The quantitative estimate of drug-likeness (QED) is 0.717. The molecule has 0 unspecified atom stereocenters. The van der Waals surface area contributed by atoms with Crippen LogP contribution in [0.5, 0.6) is 0 Å². The minimum Gasteiger partial charge on any atom is -0.369 e. The highest BCUT2D eigenvalue weighted by atomic mass is 32.1. The Hall–Kier alpha value is -2.25. The number of fused-ring (bicyclic) bond motifs is 1. The predicted molar refractivity (Wildman–Crippen MR) is 100 cm³/mol. The second-order valence-electron chi connectivity index (χ2n) is 6.23. The lowest BCUT2D eigenvalue weighted by molar-refractivity contribution is 0.247. The van der Waals surface area contributed by atoms with E-state index in [9.17, 15) is 4.79 Å². The van der Waals surface area contributed by atoms with E-state index >= 15 is 0 Å². The van der Waals surface area contributed by atoms with Crippen LogP contribution in [0.25, 0.3) is 4.96 Å². The van der Waals surface area contributed by atoms with Crippen LogP contribution >= 0.6 is 11.3 Å². The van der Waals surface area contributed by atoms with Crippen LogP contribution in [0.15, 0.2) is 41.2 Å². The maximum Gasteiger partial charge on any atom is 0.275 e. The first-order valence-electron chi connectivity index (χ1n) is 8.64. The van der Waals surface area contributed by atoms with Crippen molar-refractivity contribution < 1.29 is 0 Å². The molecule has 0 atom stereocenters. The summed E-state index contributed by atoms with van der Waals surface area (Å²) < 4.78 is 1.42. The third kappa shape index (κ3) is 3.43. The maximum atomic E-state index is 12.2. The first-order valence-corrected chi connectivity index (χ1v) is 9.45. The van der Waals surface area contributed by atoms with Gasteiger partial charge >= 0.3 is 0 Å². The average Bonchev–Trinajstić information content (AvgIpc) is 3.07. The van der Waals surface area contributed by atoms with Crippen LogP contribution in [0.4, 0.5) is 5.69 Å². The molecule has 1 fully saturated rings. The summed E-state index contributed by atoms with van der Waals surface area (Å²) in [6, 6.07) is 12.1. The van der Waals surface area contributed by atoms with E-state index in [1.54, 1.807) is 6.07 Å². The molecule has 25 heavy (non-hydrogen) atoms. The van der Waals surface area contributed by atoms with Crippen molar-refractivity contribution in [2.24, 2.45) is 0 Å². The SMILES string of the molecule is CCc1nn2c(=O)cc(CN3CCN(c4ccccc4)CC3)nc2s1. The van der Waals surface area contributed by atoms with Crippen molar-refractivity contribution in [3.63, 3.8) is 0 Å². The number of nitrogens with zero attached hydrogens (tertiary/aromatic N) is 5. The molecule has 0 saturated carbocycles. The smallest absolute Gasteiger partial charge is 0.275 e. The summed E-state index contributed by atoms with van der Waals surface area (Å²) in [6.45, 7) is 6.68. The second kappa shape index (κ2) is 6.93. The number of benzene rings is 1. The molecule has 130 valence electrons. The van der Waals surface area contributed by atoms with Gasteiger partial charge in [0.05, 0.1) is 5.69 Å². The van der Waals surface area contributed by atoms with Crippen molar-refractivity contribution in [2.75, 3.05) is 31.1 Å². The third-order valence-electron chi connectivity index (χ3n) is 4.52. The van der Waals surface area contributed by atoms with Crippen LogP contribution in [0, 0.1) is 0 Å². The molecule has 0 N–H and O–H groups in total. The fourth-order valence-corrected chi connectivity index (χ4v) is 4.01. The molecule has 1 aliphatic rings. The van der Waals surface area contributed by atoms with E-state index < -0.39 is 0 Å². The Morgan fingerprint density at radius 1 is 1.12 bits per heavy atom. The lowest BCUT2D eigenvalue weighted by Gasteiger charge is -2.35. The van der Waals surface area contributed by atoms with E-state index in [0.29, 0.717) is 11.5 Å². The van der Waals surface area contributed by atoms with Gasteiger partial charge in [0.2, 0.25) is 4.96 Å². The zero-order valence-electron chi connectivity index (χ0n) is 14.3. The van der Waals surface area contributed by atoms with Crippen molar-refractivity contribution in [1.29, 1.82) is 0 Å². The van der Waals surface area contributed by atoms with Crippen molar-refractivity contribution in [3.05, 3.63) is 57.5 Å². The number of aromatic nitrogens is 3. The standard InChI is InChI=1S/C18H21N5OS/c1-2-16-20-23-17(24)12-14(19-18(23)25-16)13-21-8-10-22(11-9-21)15-6-4-3-5-7-15/h3-7,12H,2,8-11,13H2,1H3. The van der Waals surface area contributed by atoms with Gasteiger partial charge in [0.25, 0.3) is 5.56 Å². The van der Waals surface area contributed by atoms with E-state index in [4.69, 9.17) is 0 Å². The molecule has 1 aliphatic heterocycles. The van der Waals surface area contributed by atoms with Crippen LogP contribution in [0.2, 0.25) is 0 Å². The van der Waals surface area contributed by atoms with E-state index in [-0.39, 0.29) is 5.56 Å². The van der Waals surface area contributed by atoms with Crippen molar-refractivity contribution >= 4 is 22.0 Å². The van der Waals surface area contributed by atoms with Crippen LogP contribution in [-0.4, -0.2) is 45.7 Å². The van der Waals surface area contributed by atoms with Crippen molar-refractivity contribution in [2.45, 2.75) is 19.9 Å². The molecule has 7 heteroatoms. The average molecular weight is 355 g/mol. The summed E-state index contributed by atoms with van der Waals surface area (Å²) in [5.41, 5.74) is 2.03. The van der Waals surface area contributed by atoms with E-state index in [0.717, 1.165) is 43.3 Å². The molecule has 1 aromatic carbocycles. The van der Waals surface area contributed by atoms with Gasteiger partial charge in [-0.15, -0.1) is 0 Å². The van der Waals surface area contributed by atoms with Crippen LogP contribution in [-0.2, 0) is 13.0 Å². The number of piperazine rings is 1. The molecule has 1 saturated heterocycles. The lowest BCUT2D eigenvalue weighted by atomic mass is 10.2. The Kier molecular flexibility index (Phi) is 4.50. The van der Waals surface area contributed by atoms with E-state index in [2.05, 4.69) is 44.1 Å². The lowest BCUT2D eigenvalue weighted by Crippen LogP contribution is -2.46. The molecule has 0 aliphatic carbocycles. The monoisotopic (exact) mass is 355 g/mol. The summed E-state index contributed by atoms with van der Waals surface area (Å²) in [6.07, 6.45) is 0.824. The Morgan fingerprint density at radius 3 is 2.60 bits per heavy atom. The van der Waals surface area contributed by atoms with Gasteiger partial charge in [0.1, 0.15) is 5.01 Å². The van der Waals surface area contributed by atoms with Gasteiger partial charge in [-0.05, 0) is 18.6 Å². The van der Waals surface area contributed by atoms with Crippen LogP contribution in [0.1, 0.15) is 17.6 Å². The first-order chi connectivity index (χ1) is 12.2. The molecule has 4 rings (SSSR count). The highest BCUT2D eigenvalue weighted by Crippen LogP contribution is 2.17. The number of para-hydroxylation sites is 1. The number of anilines is 1. The highest BCUT2D eigenvalue weighted by Gasteiger charge is 2.18. The van der Waals surface area contributed by atoms with Gasteiger partial charge < -0.3 is 4.90 Å². The van der Waals surface area contributed by atoms with Crippen molar-refractivity contribution in [1.82, 2.24) is 19.5 Å². The molecule has 0 bridgehead atoms. The molecule has 0 radical (unpaired) electrons. The molecule has 2 aromatic heterocycles. The third-order valence-corrected chi connectivity index (χ3v) is 5.57. The van der Waals surface area contributed by atoms with Gasteiger partial charge in [-0.2, -0.15) is 9.61 Å². The molecule has 3 aromatic rings. The minimum atomic E-state index is -0.0844. The van der Waals surface area contributed by atoms with E-state index in [1.165, 1.54) is 21.5 Å². The molecule has 0 amide bonds. The van der Waals surface area contributed by atoms with Gasteiger partial charge in [-0.1, -0.05) is 36.5 Å². The number of hydrogen-bond donors (Lipinski definition) is 0. The molecule has 0 spiro atoms. The van der Waals surface area contributed by atoms with Gasteiger partial charge in [-0.25, -0.2) is 4.98 Å². The topological polar surface area (TPSA) is 53.7 Å². The molecule has 6 nitrogen and oxygen atoms in total. The van der Waals surface area contributed by atoms with E-state index in [1.807, 2.05) is 13.0 Å². The van der Waals surface area contributed by atoms with Gasteiger partial charge in [0.15, 0.2) is 0 Å². The fraction of sp³-hybridized carbons (Fsp3) is 0.389. The Labute approximate surface area is 150 Å². The second-order valence-corrected chi connectivity index (χ2v) is 7.27. The van der Waals surface area contributed by atoms with Crippen molar-refractivity contribution in [3.8, 4) is 0 Å². The van der Waals surface area contributed by atoms with Crippen LogP contribution < -0.4 is 10.5 Å². The summed E-state index contributed by atoms with van der Waals surface area (Å²) in [7, 11) is 0. The molecular formula is C18H21N5OS. The number of aryl methyl sites for hydroxylation is 1. The molecular weight excluding hydrogens is 334 g/mol. The largest absolute Gasteiger partial charge is 0.369 e.